The minimum absolute atomic E-state index is 0.0254. The molecule has 0 spiro atoms. The van der Waals surface area contributed by atoms with Crippen LogP contribution in [0.5, 0.6) is 0 Å². The van der Waals surface area contributed by atoms with E-state index < -0.39 is 11.7 Å². The molecule has 1 aliphatic heterocycles. The van der Waals surface area contributed by atoms with Gasteiger partial charge in [0.25, 0.3) is 0 Å². The van der Waals surface area contributed by atoms with Crippen LogP contribution in [-0.4, -0.2) is 77.7 Å². The van der Waals surface area contributed by atoms with E-state index in [1.165, 1.54) is 11.8 Å². The summed E-state index contributed by atoms with van der Waals surface area (Å²) in [5, 5.41) is 2.90. The number of benzene rings is 1. The third-order valence-electron chi connectivity index (χ3n) is 4.51. The van der Waals surface area contributed by atoms with Crippen LogP contribution in [0.15, 0.2) is 24.3 Å². The summed E-state index contributed by atoms with van der Waals surface area (Å²) in [5.74, 6) is 0.274. The molecule has 3 amide bonds. The summed E-state index contributed by atoms with van der Waals surface area (Å²) in [6.07, 6.45) is -0.395. The molecule has 1 aromatic rings. The van der Waals surface area contributed by atoms with Gasteiger partial charge in [-0.25, -0.2) is 4.79 Å². The molecule has 0 bridgehead atoms. The summed E-state index contributed by atoms with van der Waals surface area (Å²) in [4.78, 5) is 40.4. The molecule has 2 rings (SSSR count). The SMILES string of the molecule is CCN(Cc1ccccc1NC(=O)CSCC(=O)N1CCOCC1)C(=O)OC(C)(C)C. The van der Waals surface area contributed by atoms with Crippen molar-refractivity contribution in [2.24, 2.45) is 0 Å². The summed E-state index contributed by atoms with van der Waals surface area (Å²) in [6, 6.07) is 7.37. The number of morpholine rings is 1. The molecule has 1 heterocycles. The highest BCUT2D eigenvalue weighted by Crippen LogP contribution is 2.19. The molecule has 8 nitrogen and oxygen atoms in total. The third-order valence-corrected chi connectivity index (χ3v) is 5.43. The Hall–Kier alpha value is -2.26. The molecule has 1 fully saturated rings. The number of nitrogens with zero attached hydrogens (tertiary/aromatic N) is 2. The summed E-state index contributed by atoms with van der Waals surface area (Å²) in [5.41, 5.74) is 0.890. The van der Waals surface area contributed by atoms with Gasteiger partial charge in [-0.1, -0.05) is 18.2 Å². The Bertz CT molecular complexity index is 760. The molecular weight excluding hydrogens is 418 g/mol. The smallest absolute Gasteiger partial charge is 0.410 e. The largest absolute Gasteiger partial charge is 0.444 e. The van der Waals surface area contributed by atoms with Crippen molar-refractivity contribution in [2.75, 3.05) is 49.7 Å². The van der Waals surface area contributed by atoms with Crippen LogP contribution in [0.3, 0.4) is 0 Å². The van der Waals surface area contributed by atoms with Gasteiger partial charge in [0.1, 0.15) is 5.60 Å². The molecule has 1 saturated heterocycles. The summed E-state index contributed by atoms with van der Waals surface area (Å²) in [6.45, 7) is 10.5. The fourth-order valence-corrected chi connectivity index (χ4v) is 3.66. The van der Waals surface area contributed by atoms with Crippen LogP contribution in [0.1, 0.15) is 33.3 Å². The second kappa shape index (κ2) is 12.0. The van der Waals surface area contributed by atoms with E-state index in [0.29, 0.717) is 45.1 Å². The van der Waals surface area contributed by atoms with Crippen molar-refractivity contribution >= 4 is 35.4 Å². The third kappa shape index (κ3) is 8.78. The minimum atomic E-state index is -0.575. The lowest BCUT2D eigenvalue weighted by Gasteiger charge is -2.27. The summed E-state index contributed by atoms with van der Waals surface area (Å²) >= 11 is 1.29. The Morgan fingerprint density at radius 2 is 1.84 bits per heavy atom. The number of hydrogen-bond donors (Lipinski definition) is 1. The predicted molar refractivity (Wildman–Crippen MR) is 122 cm³/mol. The first kappa shape index (κ1) is 25.0. The highest BCUT2D eigenvalue weighted by atomic mass is 32.2. The van der Waals surface area contributed by atoms with E-state index in [9.17, 15) is 14.4 Å². The van der Waals surface area contributed by atoms with Crippen LogP contribution in [0, 0.1) is 0 Å². The Labute approximate surface area is 188 Å². The molecule has 0 saturated carbocycles. The van der Waals surface area contributed by atoms with Gasteiger partial charge in [0.15, 0.2) is 0 Å². The summed E-state index contributed by atoms with van der Waals surface area (Å²) in [7, 11) is 0. The van der Waals surface area contributed by atoms with Crippen LogP contribution in [0.25, 0.3) is 0 Å². The average molecular weight is 452 g/mol. The lowest BCUT2D eigenvalue weighted by molar-refractivity contribution is -0.132. The molecular formula is C22H33N3O5S. The van der Waals surface area contributed by atoms with Crippen LogP contribution in [0.4, 0.5) is 10.5 Å². The van der Waals surface area contributed by atoms with Gasteiger partial charge in [-0.05, 0) is 39.3 Å². The molecule has 9 heteroatoms. The second-order valence-corrected chi connectivity index (χ2v) is 9.17. The maximum atomic E-state index is 12.4. The van der Waals surface area contributed by atoms with Gasteiger partial charge >= 0.3 is 6.09 Å². The molecule has 0 aliphatic carbocycles. The van der Waals surface area contributed by atoms with E-state index in [1.807, 2.05) is 45.9 Å². The molecule has 1 N–H and O–H groups in total. The first-order valence-electron chi connectivity index (χ1n) is 10.5. The zero-order chi connectivity index (χ0) is 22.9. The van der Waals surface area contributed by atoms with Gasteiger partial charge in [-0.15, -0.1) is 11.8 Å². The molecule has 1 aliphatic rings. The van der Waals surface area contributed by atoms with E-state index in [4.69, 9.17) is 9.47 Å². The molecule has 0 unspecified atom stereocenters. The number of carbonyl (C=O) groups is 3. The lowest BCUT2D eigenvalue weighted by atomic mass is 10.1. The molecule has 1 aromatic carbocycles. The summed E-state index contributed by atoms with van der Waals surface area (Å²) < 4.78 is 10.7. The quantitative estimate of drug-likeness (QED) is 0.654. The number of hydrogen-bond acceptors (Lipinski definition) is 6. The van der Waals surface area contributed by atoms with Crippen LogP contribution < -0.4 is 5.32 Å². The fourth-order valence-electron chi connectivity index (χ4n) is 2.94. The van der Waals surface area contributed by atoms with Crippen molar-refractivity contribution in [1.82, 2.24) is 9.80 Å². The maximum absolute atomic E-state index is 12.4. The van der Waals surface area contributed by atoms with Gasteiger partial charge in [0.05, 0.1) is 31.3 Å². The molecule has 0 atom stereocenters. The van der Waals surface area contributed by atoms with Crippen molar-refractivity contribution in [3.63, 3.8) is 0 Å². The monoisotopic (exact) mass is 451 g/mol. The van der Waals surface area contributed by atoms with Gasteiger partial charge in [0.2, 0.25) is 11.8 Å². The zero-order valence-corrected chi connectivity index (χ0v) is 19.6. The molecule has 0 radical (unpaired) electrons. The second-order valence-electron chi connectivity index (χ2n) is 8.19. The standard InChI is InChI=1S/C22H33N3O5S/c1-5-24(21(28)30-22(2,3)4)14-17-8-6-7-9-18(17)23-19(26)15-31-16-20(27)25-10-12-29-13-11-25/h6-9H,5,10-16H2,1-4H3,(H,23,26). The minimum Gasteiger partial charge on any atom is -0.444 e. The fraction of sp³-hybridized carbons (Fsp3) is 0.591. The highest BCUT2D eigenvalue weighted by molar-refractivity contribution is 8.00. The Morgan fingerprint density at radius 3 is 2.48 bits per heavy atom. The Kier molecular flexibility index (Phi) is 9.64. The van der Waals surface area contributed by atoms with Crippen LogP contribution in [0.2, 0.25) is 0 Å². The van der Waals surface area contributed by atoms with Crippen molar-refractivity contribution in [1.29, 1.82) is 0 Å². The van der Waals surface area contributed by atoms with Crippen molar-refractivity contribution in [3.8, 4) is 0 Å². The normalized spacial score (nSPS) is 14.1. The van der Waals surface area contributed by atoms with Gasteiger partial charge in [-0.3, -0.25) is 9.59 Å². The van der Waals surface area contributed by atoms with E-state index in [0.717, 1.165) is 5.56 Å². The van der Waals surface area contributed by atoms with E-state index in [-0.39, 0.29) is 23.3 Å². The van der Waals surface area contributed by atoms with Crippen LogP contribution >= 0.6 is 11.8 Å². The Morgan fingerprint density at radius 1 is 1.16 bits per heavy atom. The number of thioether (sulfide) groups is 1. The number of anilines is 1. The molecule has 172 valence electrons. The predicted octanol–water partition coefficient (Wildman–Crippen LogP) is 2.97. The number of para-hydroxylation sites is 1. The van der Waals surface area contributed by atoms with Gasteiger partial charge in [0, 0.05) is 25.3 Å². The van der Waals surface area contributed by atoms with E-state index in [1.54, 1.807) is 15.9 Å². The zero-order valence-electron chi connectivity index (χ0n) is 18.8. The molecule has 0 aromatic heterocycles. The van der Waals surface area contributed by atoms with Crippen molar-refractivity contribution < 1.29 is 23.9 Å². The number of amides is 3. The van der Waals surface area contributed by atoms with Crippen LogP contribution in [-0.2, 0) is 25.6 Å². The number of ether oxygens (including phenoxy) is 2. The number of carbonyl (C=O) groups excluding carboxylic acids is 3. The van der Waals surface area contributed by atoms with Gasteiger partial charge < -0.3 is 24.6 Å². The highest BCUT2D eigenvalue weighted by Gasteiger charge is 2.22. The Balaban J connectivity index is 1.88. The number of nitrogens with one attached hydrogen (secondary N) is 1. The first-order valence-corrected chi connectivity index (χ1v) is 11.6. The van der Waals surface area contributed by atoms with Crippen molar-refractivity contribution in [2.45, 2.75) is 39.8 Å². The van der Waals surface area contributed by atoms with E-state index in [2.05, 4.69) is 5.32 Å². The lowest BCUT2D eigenvalue weighted by Crippen LogP contribution is -2.41. The number of rotatable bonds is 8. The average Bonchev–Trinajstić information content (AvgIpc) is 2.72. The van der Waals surface area contributed by atoms with E-state index >= 15 is 0 Å². The van der Waals surface area contributed by atoms with Gasteiger partial charge in [-0.2, -0.15) is 0 Å². The maximum Gasteiger partial charge on any atom is 0.410 e. The first-order chi connectivity index (χ1) is 14.7. The topological polar surface area (TPSA) is 88.2 Å². The molecule has 31 heavy (non-hydrogen) atoms. The van der Waals surface area contributed by atoms with Crippen molar-refractivity contribution in [3.05, 3.63) is 29.8 Å².